The Morgan fingerprint density at radius 3 is 1.60 bits per heavy atom. The lowest BCUT2D eigenvalue weighted by atomic mass is 10.2. The molecule has 1 aromatic rings. The summed E-state index contributed by atoms with van der Waals surface area (Å²) in [5, 5.41) is 16.8. The first-order valence-corrected chi connectivity index (χ1v) is 10.8. The minimum atomic E-state index is -5.39. The van der Waals surface area contributed by atoms with E-state index in [0.29, 0.717) is 12.2 Å². The number of phosphoric acid groups is 3. The first-order valence-electron chi connectivity index (χ1n) is 6.45. The molecule has 0 bridgehead atoms. The van der Waals surface area contributed by atoms with Crippen LogP contribution in [0.25, 0.3) is 10.4 Å². The van der Waals surface area contributed by atoms with Crippen LogP contribution in [0.4, 0.5) is 17.1 Å². The number of hydrogen-bond acceptors (Lipinski definition) is 16. The Labute approximate surface area is 166 Å². The van der Waals surface area contributed by atoms with E-state index in [-0.39, 0.29) is 11.4 Å². The normalized spacial score (nSPS) is 10.5. The molecule has 0 unspecified atom stereocenters. The molecule has 19 nitrogen and oxygen atoms in total. The third kappa shape index (κ3) is 36.9. The number of benzene rings is 1. The van der Waals surface area contributed by atoms with E-state index >= 15 is 0 Å². The lowest BCUT2D eigenvalue weighted by molar-refractivity contribution is -0.434. The first-order chi connectivity index (χ1) is 13.2. The topological polar surface area (TPSA) is 363 Å². The van der Waals surface area contributed by atoms with Gasteiger partial charge in [-0.2, -0.15) is 23.5 Å². The van der Waals surface area contributed by atoms with Gasteiger partial charge in [0.25, 0.3) is 5.69 Å². The number of nitrogens with zero attached hydrogens (tertiary/aromatic N) is 4. The molecule has 0 aromatic heterocycles. The zero-order valence-corrected chi connectivity index (χ0v) is 17.0. The molecule has 0 heterocycles. The van der Waals surface area contributed by atoms with Gasteiger partial charge < -0.3 is 63.1 Å². The average molecular weight is 492 g/mol. The SMILES string of the molecule is CCNc1ccc(N=[N+]=[N-])cc1[N+](=O)[O-].O=P([O-])([O-])[O-].O=P([O-])([O-])[O-].O=P([O-])([O-])[O-]. The zero-order chi connectivity index (χ0) is 24.8. The maximum Gasteiger partial charge on any atom is 0.292 e. The molecule has 0 aliphatic carbocycles. The number of azide groups is 1. The van der Waals surface area contributed by atoms with Gasteiger partial charge in [-0.1, -0.05) is 11.2 Å². The summed E-state index contributed by atoms with van der Waals surface area (Å²) >= 11 is 0. The van der Waals surface area contributed by atoms with Crippen molar-refractivity contribution in [1.29, 1.82) is 0 Å². The van der Waals surface area contributed by atoms with Crippen molar-refractivity contribution >= 4 is 40.5 Å². The van der Waals surface area contributed by atoms with Crippen molar-refractivity contribution < 1.29 is 62.7 Å². The minimum absolute atomic E-state index is 0.0956. The van der Waals surface area contributed by atoms with E-state index in [1.807, 2.05) is 6.92 Å². The van der Waals surface area contributed by atoms with Crippen molar-refractivity contribution in [1.82, 2.24) is 0 Å². The molecule has 22 heteroatoms. The molecule has 1 aromatic carbocycles. The van der Waals surface area contributed by atoms with Gasteiger partial charge in [-0.3, -0.25) is 10.1 Å². The van der Waals surface area contributed by atoms with Crippen molar-refractivity contribution in [3.8, 4) is 0 Å². The van der Waals surface area contributed by atoms with E-state index in [1.165, 1.54) is 18.2 Å². The lowest BCUT2D eigenvalue weighted by Gasteiger charge is -2.36. The molecule has 0 fully saturated rings. The molecule has 30 heavy (non-hydrogen) atoms. The molecule has 0 saturated heterocycles. The smallest absolute Gasteiger partial charge is 0.292 e. The zero-order valence-electron chi connectivity index (χ0n) is 14.3. The van der Waals surface area contributed by atoms with E-state index in [4.69, 9.17) is 63.3 Å². The Hall–Kier alpha value is -1.94. The van der Waals surface area contributed by atoms with Crippen LogP contribution in [0.5, 0.6) is 0 Å². The molecule has 0 amide bonds. The molecule has 0 saturated carbocycles. The maximum atomic E-state index is 10.7. The van der Waals surface area contributed by atoms with Gasteiger partial charge in [0.05, 0.1) is 4.92 Å². The van der Waals surface area contributed by atoms with Crippen molar-refractivity contribution in [2.75, 3.05) is 11.9 Å². The maximum absolute atomic E-state index is 10.7. The molecule has 174 valence electrons. The van der Waals surface area contributed by atoms with Crippen LogP contribution in [0.2, 0.25) is 0 Å². The summed E-state index contributed by atoms with van der Waals surface area (Å²) in [6.45, 7) is 2.42. The number of hydrogen-bond donors (Lipinski definition) is 1. The number of rotatable bonds is 4. The third-order valence-corrected chi connectivity index (χ3v) is 1.71. The minimum Gasteiger partial charge on any atom is -0.822 e. The van der Waals surface area contributed by atoms with Gasteiger partial charge in [-0.15, -0.1) is 0 Å². The third-order valence-electron chi connectivity index (χ3n) is 1.71. The van der Waals surface area contributed by atoms with Crippen LogP contribution in [0, 0.1) is 10.1 Å². The second kappa shape index (κ2) is 15.0. The summed E-state index contributed by atoms with van der Waals surface area (Å²) in [4.78, 5) is 89.7. The van der Waals surface area contributed by atoms with Crippen molar-refractivity contribution in [3.05, 3.63) is 38.8 Å². The van der Waals surface area contributed by atoms with E-state index in [2.05, 4.69) is 15.3 Å². The highest BCUT2D eigenvalue weighted by Crippen LogP contribution is 2.29. The fraction of sp³-hybridized carbons (Fsp3) is 0.250. The molecule has 0 aliphatic heterocycles. The Morgan fingerprint density at radius 1 is 0.967 bits per heavy atom. The standard InChI is InChI=1S/C8H9N5O2.3H3O4P/c1-2-10-7-4-3-6(11-12-9)5-8(7)13(14)15;3*1-5(2,3)4/h3-5,10H,2H2,1H3;3*(H3,1,2,3,4)/p-9. The van der Waals surface area contributed by atoms with Gasteiger partial charge >= 0.3 is 0 Å². The highest BCUT2D eigenvalue weighted by Gasteiger charge is 2.13. The van der Waals surface area contributed by atoms with Crippen LogP contribution in [-0.2, 0) is 13.7 Å². The average Bonchev–Trinajstić information content (AvgIpc) is 2.44. The van der Waals surface area contributed by atoms with Crippen molar-refractivity contribution in [2.45, 2.75) is 6.92 Å². The van der Waals surface area contributed by atoms with Crippen molar-refractivity contribution in [2.24, 2.45) is 5.11 Å². The van der Waals surface area contributed by atoms with Crippen LogP contribution in [0.1, 0.15) is 6.92 Å². The number of nitrogens with one attached hydrogen (secondary N) is 1. The summed E-state index contributed by atoms with van der Waals surface area (Å²) in [5.41, 5.74) is 8.74. The van der Waals surface area contributed by atoms with Gasteiger partial charge in [0.1, 0.15) is 5.69 Å². The monoisotopic (exact) mass is 492 g/mol. The van der Waals surface area contributed by atoms with Crippen LogP contribution in [-0.4, -0.2) is 11.5 Å². The van der Waals surface area contributed by atoms with Crippen LogP contribution in [0.15, 0.2) is 23.3 Å². The largest absolute Gasteiger partial charge is 0.822 e. The van der Waals surface area contributed by atoms with Crippen LogP contribution in [0.3, 0.4) is 0 Å². The predicted octanol–water partition coefficient (Wildman–Crippen LogP) is -5.51. The Morgan fingerprint density at radius 2 is 1.33 bits per heavy atom. The van der Waals surface area contributed by atoms with Crippen molar-refractivity contribution in [3.63, 3.8) is 0 Å². The Balaban J connectivity index is -0.000000400. The number of anilines is 1. The van der Waals surface area contributed by atoms with Gasteiger partial charge in [-0.05, 0) is 18.5 Å². The Bertz CT molecular complexity index is 783. The molecule has 0 spiro atoms. The fourth-order valence-corrected chi connectivity index (χ4v) is 1.12. The van der Waals surface area contributed by atoms with Gasteiger partial charge in [-0.25, -0.2) is 0 Å². The number of nitro benzene ring substituents is 1. The molecular formula is C8H9N5O14P3-9. The van der Waals surface area contributed by atoms with E-state index in [9.17, 15) is 10.1 Å². The lowest BCUT2D eigenvalue weighted by Crippen LogP contribution is -2.24. The van der Waals surface area contributed by atoms with Crippen LogP contribution >= 0.6 is 23.5 Å². The summed E-state index contributed by atoms with van der Waals surface area (Å²) in [7, 11) is -16.2. The molecular weight excluding hydrogens is 483 g/mol. The first kappa shape index (κ1) is 32.7. The Kier molecular flexibility index (Phi) is 16.3. The second-order valence-corrected chi connectivity index (χ2v) is 6.70. The van der Waals surface area contributed by atoms with Gasteiger partial charge in [0, 0.05) is 23.2 Å². The molecule has 0 aliphatic rings. The molecule has 0 radical (unpaired) electrons. The van der Waals surface area contributed by atoms with E-state index in [0.717, 1.165) is 0 Å². The molecule has 1 N–H and O–H groups in total. The predicted molar refractivity (Wildman–Crippen MR) is 78.9 cm³/mol. The molecule has 0 atom stereocenters. The highest BCUT2D eigenvalue weighted by molar-refractivity contribution is 7.40. The summed E-state index contributed by atoms with van der Waals surface area (Å²) in [6.07, 6.45) is 0. The molecule has 1 rings (SSSR count). The summed E-state index contributed by atoms with van der Waals surface area (Å²) in [5.74, 6) is 0. The quantitative estimate of drug-likeness (QED) is 0.102. The summed E-state index contributed by atoms with van der Waals surface area (Å²) in [6, 6.07) is 4.27. The highest BCUT2D eigenvalue weighted by atomic mass is 31.2. The van der Waals surface area contributed by atoms with Gasteiger partial charge in [0.2, 0.25) is 0 Å². The van der Waals surface area contributed by atoms with Crippen LogP contribution < -0.4 is 49.4 Å². The van der Waals surface area contributed by atoms with E-state index < -0.39 is 28.4 Å². The second-order valence-electron chi connectivity index (χ2n) is 4.02. The van der Waals surface area contributed by atoms with Gasteiger partial charge in [0.15, 0.2) is 0 Å². The fourth-order valence-electron chi connectivity index (χ4n) is 1.12. The summed E-state index contributed by atoms with van der Waals surface area (Å²) < 4.78 is 25.6. The number of nitro groups is 1. The van der Waals surface area contributed by atoms with E-state index in [1.54, 1.807) is 0 Å².